The topological polar surface area (TPSA) is 85.7 Å². The van der Waals surface area contributed by atoms with Gasteiger partial charge in [-0.2, -0.15) is 0 Å². The van der Waals surface area contributed by atoms with Crippen LogP contribution in [-0.4, -0.2) is 43.1 Å². The van der Waals surface area contributed by atoms with Gasteiger partial charge in [0.1, 0.15) is 12.0 Å². The van der Waals surface area contributed by atoms with Gasteiger partial charge in [-0.25, -0.2) is 12.4 Å². The highest BCUT2D eigenvalue weighted by Crippen LogP contribution is 2.47. The first-order valence-electron chi connectivity index (χ1n) is 10.2. The van der Waals surface area contributed by atoms with Crippen molar-refractivity contribution in [1.29, 1.82) is 0 Å². The monoisotopic (exact) mass is 438 g/mol. The smallest absolute Gasteiger partial charge is 0.268 e. The Bertz CT molecular complexity index is 1290. The summed E-state index contributed by atoms with van der Waals surface area (Å²) in [5.74, 6) is 0.590. The zero-order chi connectivity index (χ0) is 21.8. The lowest BCUT2D eigenvalue weighted by Crippen LogP contribution is -2.45. The number of carbonyl (C=O) groups excluding carboxylic acids is 2. The SMILES string of the molecule is COc1ccc(S(=O)(=O)n2c3c(c4ccccc42)[C@@H]2C[C@@H](CC(=O)N2CC=O)C3)cc1. The average Bonchev–Trinajstić information content (AvgIpc) is 3.11. The molecule has 1 fully saturated rings. The third-order valence-electron chi connectivity index (χ3n) is 6.37. The molecule has 2 bridgehead atoms. The maximum Gasteiger partial charge on any atom is 0.268 e. The van der Waals surface area contributed by atoms with Gasteiger partial charge in [0.25, 0.3) is 10.0 Å². The lowest BCUT2D eigenvalue weighted by molar-refractivity contribution is -0.141. The molecule has 2 aliphatic rings. The number of fused-ring (bicyclic) bond motifs is 6. The summed E-state index contributed by atoms with van der Waals surface area (Å²) in [5, 5.41) is 0.809. The Kier molecular flexibility index (Phi) is 4.62. The van der Waals surface area contributed by atoms with Gasteiger partial charge in [0.2, 0.25) is 5.91 Å². The van der Waals surface area contributed by atoms with E-state index in [1.54, 1.807) is 35.2 Å². The number of nitrogens with zero attached hydrogens (tertiary/aromatic N) is 2. The number of aldehydes is 1. The zero-order valence-electron chi connectivity index (χ0n) is 17.0. The number of likely N-dealkylation sites (tertiary alicyclic amines) is 1. The summed E-state index contributed by atoms with van der Waals surface area (Å²) < 4.78 is 34.1. The number of piperidine rings is 1. The maximum absolute atomic E-state index is 13.8. The van der Waals surface area contributed by atoms with E-state index in [4.69, 9.17) is 4.74 Å². The van der Waals surface area contributed by atoms with Crippen LogP contribution in [0.25, 0.3) is 10.9 Å². The van der Waals surface area contributed by atoms with Crippen molar-refractivity contribution in [2.45, 2.75) is 30.2 Å². The van der Waals surface area contributed by atoms with E-state index in [-0.39, 0.29) is 29.3 Å². The van der Waals surface area contributed by atoms with Crippen molar-refractivity contribution in [1.82, 2.24) is 8.87 Å². The third kappa shape index (κ3) is 2.96. The Balaban J connectivity index is 1.76. The van der Waals surface area contributed by atoms with E-state index in [2.05, 4.69) is 0 Å². The summed E-state index contributed by atoms with van der Waals surface area (Å²) in [5.41, 5.74) is 2.15. The number of methoxy groups -OCH3 is 1. The third-order valence-corrected chi connectivity index (χ3v) is 8.14. The fourth-order valence-electron chi connectivity index (χ4n) is 5.06. The van der Waals surface area contributed by atoms with Crippen molar-refractivity contribution in [2.75, 3.05) is 13.7 Å². The van der Waals surface area contributed by atoms with E-state index in [0.29, 0.717) is 29.8 Å². The second kappa shape index (κ2) is 7.23. The van der Waals surface area contributed by atoms with Gasteiger partial charge in [0.15, 0.2) is 0 Å². The van der Waals surface area contributed by atoms with Crippen molar-refractivity contribution in [3.8, 4) is 5.75 Å². The van der Waals surface area contributed by atoms with Gasteiger partial charge >= 0.3 is 0 Å². The molecule has 7 nitrogen and oxygen atoms in total. The first-order valence-corrected chi connectivity index (χ1v) is 11.6. The minimum atomic E-state index is -3.87. The Morgan fingerprint density at radius 2 is 1.84 bits per heavy atom. The molecule has 0 spiro atoms. The van der Waals surface area contributed by atoms with E-state index < -0.39 is 10.0 Å². The second-order valence-corrected chi connectivity index (χ2v) is 9.85. The van der Waals surface area contributed by atoms with Gasteiger partial charge in [-0.3, -0.25) is 4.79 Å². The summed E-state index contributed by atoms with van der Waals surface area (Å²) in [6, 6.07) is 13.4. The van der Waals surface area contributed by atoms with Crippen molar-refractivity contribution in [2.24, 2.45) is 5.92 Å². The predicted octanol–water partition coefficient (Wildman–Crippen LogP) is 2.92. The quantitative estimate of drug-likeness (QED) is 0.572. The molecule has 2 atom stereocenters. The fourth-order valence-corrected chi connectivity index (χ4v) is 6.63. The summed E-state index contributed by atoms with van der Waals surface area (Å²) in [4.78, 5) is 25.7. The fraction of sp³-hybridized carbons (Fsp3) is 0.304. The lowest BCUT2D eigenvalue weighted by Gasteiger charge is -2.42. The van der Waals surface area contributed by atoms with E-state index in [0.717, 1.165) is 23.7 Å². The Morgan fingerprint density at radius 3 is 2.55 bits per heavy atom. The summed E-state index contributed by atoms with van der Waals surface area (Å²) in [6.45, 7) is 0.0143. The molecular formula is C23H22N2O5S. The highest BCUT2D eigenvalue weighted by atomic mass is 32.2. The summed E-state index contributed by atoms with van der Waals surface area (Å²) >= 11 is 0. The number of carbonyl (C=O) groups is 2. The largest absolute Gasteiger partial charge is 0.497 e. The number of amides is 1. The maximum atomic E-state index is 13.8. The first-order chi connectivity index (χ1) is 15.0. The molecule has 0 saturated carbocycles. The molecule has 1 saturated heterocycles. The van der Waals surface area contributed by atoms with Crippen molar-refractivity contribution >= 4 is 33.1 Å². The van der Waals surface area contributed by atoms with E-state index in [1.807, 2.05) is 18.2 Å². The van der Waals surface area contributed by atoms with Crippen LogP contribution in [0.15, 0.2) is 53.4 Å². The van der Waals surface area contributed by atoms with Crippen molar-refractivity contribution in [3.63, 3.8) is 0 Å². The number of ether oxygens (including phenoxy) is 1. The van der Waals surface area contributed by atoms with Crippen LogP contribution in [0.5, 0.6) is 5.75 Å². The molecular weight excluding hydrogens is 416 g/mol. The van der Waals surface area contributed by atoms with E-state index >= 15 is 0 Å². The number of benzene rings is 2. The highest BCUT2D eigenvalue weighted by molar-refractivity contribution is 7.90. The van der Waals surface area contributed by atoms with Gasteiger partial charge in [0, 0.05) is 23.1 Å². The molecule has 1 aromatic heterocycles. The number of rotatable bonds is 5. The molecule has 0 unspecified atom stereocenters. The van der Waals surface area contributed by atoms with Crippen LogP contribution >= 0.6 is 0 Å². The number of hydrogen-bond acceptors (Lipinski definition) is 5. The predicted molar refractivity (Wildman–Crippen MR) is 114 cm³/mol. The van der Waals surface area contributed by atoms with Crippen molar-refractivity contribution in [3.05, 3.63) is 59.8 Å². The molecule has 2 aromatic carbocycles. The molecule has 1 aliphatic carbocycles. The molecule has 3 aromatic rings. The van der Waals surface area contributed by atoms with Gasteiger partial charge in [-0.05, 0) is 49.1 Å². The molecule has 160 valence electrons. The highest BCUT2D eigenvalue weighted by Gasteiger charge is 2.43. The number of hydrogen-bond donors (Lipinski definition) is 0. The van der Waals surface area contributed by atoms with Crippen LogP contribution < -0.4 is 4.74 Å². The van der Waals surface area contributed by atoms with Gasteiger partial charge < -0.3 is 14.4 Å². The standard InChI is InChI=1S/C23H22N2O5S/c1-30-16-6-8-17(9-7-16)31(28,29)25-19-5-3-2-4-18(19)23-20-12-15(13-21(23)25)14-22(27)24(20)10-11-26/h2-9,11,15,20H,10,12-14H2,1H3/t15-,20+/m1/s1. The average molecular weight is 439 g/mol. The zero-order valence-corrected chi connectivity index (χ0v) is 17.8. The van der Waals surface area contributed by atoms with Gasteiger partial charge in [0.05, 0.1) is 30.1 Å². The molecule has 0 N–H and O–H groups in total. The minimum absolute atomic E-state index is 0.0143. The molecule has 0 radical (unpaired) electrons. The molecule has 2 heterocycles. The molecule has 1 amide bonds. The molecule has 31 heavy (non-hydrogen) atoms. The van der Waals surface area contributed by atoms with E-state index in [9.17, 15) is 18.0 Å². The van der Waals surface area contributed by atoms with Crippen LogP contribution in [0.1, 0.15) is 30.1 Å². The van der Waals surface area contributed by atoms with Gasteiger partial charge in [-0.1, -0.05) is 18.2 Å². The van der Waals surface area contributed by atoms with Crippen LogP contribution in [-0.2, 0) is 26.0 Å². The van der Waals surface area contributed by atoms with Crippen LogP contribution in [0.4, 0.5) is 0 Å². The number of aromatic nitrogens is 1. The summed E-state index contributed by atoms with van der Waals surface area (Å²) in [7, 11) is -2.34. The molecule has 8 heteroatoms. The Hall–Kier alpha value is -3.13. The van der Waals surface area contributed by atoms with Crippen molar-refractivity contribution < 1.29 is 22.7 Å². The second-order valence-electron chi connectivity index (χ2n) is 8.06. The summed E-state index contributed by atoms with van der Waals surface area (Å²) in [6.07, 6.45) is 2.31. The first kappa shape index (κ1) is 19.8. The van der Waals surface area contributed by atoms with Crippen LogP contribution in [0.2, 0.25) is 0 Å². The van der Waals surface area contributed by atoms with E-state index in [1.165, 1.54) is 11.1 Å². The van der Waals surface area contributed by atoms with Crippen LogP contribution in [0.3, 0.4) is 0 Å². The Labute approximate surface area is 180 Å². The number of para-hydroxylation sites is 1. The molecule has 1 aliphatic heterocycles. The normalized spacial score (nSPS) is 20.5. The van der Waals surface area contributed by atoms with Gasteiger partial charge in [-0.15, -0.1) is 0 Å². The Morgan fingerprint density at radius 1 is 1.10 bits per heavy atom. The molecule has 5 rings (SSSR count). The minimum Gasteiger partial charge on any atom is -0.497 e. The van der Waals surface area contributed by atoms with Crippen LogP contribution in [0, 0.1) is 5.92 Å². The lowest BCUT2D eigenvalue weighted by atomic mass is 9.77.